The van der Waals surface area contributed by atoms with E-state index in [9.17, 15) is 14.4 Å². The highest BCUT2D eigenvalue weighted by Crippen LogP contribution is 2.35. The van der Waals surface area contributed by atoms with Crippen molar-refractivity contribution in [1.29, 1.82) is 0 Å². The highest BCUT2D eigenvalue weighted by molar-refractivity contribution is 8.14. The number of carbonyl (C=O) groups excluding carboxylic acids is 3. The molecule has 2 aromatic carbocycles. The van der Waals surface area contributed by atoms with Gasteiger partial charge in [0.05, 0.1) is 18.6 Å². The lowest BCUT2D eigenvalue weighted by Crippen LogP contribution is -2.44. The molecular weight excluding hydrogens is 506 g/mol. The summed E-state index contributed by atoms with van der Waals surface area (Å²) in [6.07, 6.45) is 1.14. The van der Waals surface area contributed by atoms with Crippen LogP contribution < -0.4 is 15.4 Å². The molecule has 2 N–H and O–H groups in total. The van der Waals surface area contributed by atoms with Gasteiger partial charge in [-0.3, -0.25) is 19.3 Å². The molecule has 2 aliphatic rings. The summed E-state index contributed by atoms with van der Waals surface area (Å²) in [6, 6.07) is 14.2. The van der Waals surface area contributed by atoms with Crippen LogP contribution in [-0.4, -0.2) is 72.8 Å². The summed E-state index contributed by atoms with van der Waals surface area (Å²) in [5.41, 5.74) is 2.39. The van der Waals surface area contributed by atoms with Gasteiger partial charge in [0.15, 0.2) is 5.17 Å². The molecule has 200 valence electrons. The SMILES string of the molecule is COCCCNC(=O)CSC1=Nc2ccccc2C2=NC(=O)C(CCC(=O)NCc3ccc(OC)cc3)N12. The zero-order valence-electron chi connectivity index (χ0n) is 21.4. The van der Waals surface area contributed by atoms with Crippen molar-refractivity contribution in [3.05, 3.63) is 59.7 Å². The van der Waals surface area contributed by atoms with Crippen molar-refractivity contribution in [2.45, 2.75) is 31.8 Å². The van der Waals surface area contributed by atoms with Crippen molar-refractivity contribution in [2.75, 3.05) is 33.1 Å². The Bertz CT molecular complexity index is 1230. The molecule has 4 rings (SSSR count). The predicted octanol–water partition coefficient (Wildman–Crippen LogP) is 2.64. The number of nitrogens with zero attached hydrogens (tertiary/aromatic N) is 3. The Hall–Kier alpha value is -3.70. The van der Waals surface area contributed by atoms with Gasteiger partial charge in [0.2, 0.25) is 11.8 Å². The third-order valence-electron chi connectivity index (χ3n) is 6.08. The van der Waals surface area contributed by atoms with E-state index < -0.39 is 6.04 Å². The van der Waals surface area contributed by atoms with E-state index in [-0.39, 0.29) is 36.3 Å². The number of fused-ring (bicyclic) bond motifs is 3. The van der Waals surface area contributed by atoms with Crippen LogP contribution in [0.25, 0.3) is 0 Å². The molecule has 11 heteroatoms. The number of rotatable bonds is 12. The fourth-order valence-corrected chi connectivity index (χ4v) is 4.98. The molecule has 0 radical (unpaired) electrons. The van der Waals surface area contributed by atoms with Gasteiger partial charge < -0.3 is 20.1 Å². The minimum absolute atomic E-state index is 0.133. The first-order valence-corrected chi connectivity index (χ1v) is 13.4. The minimum atomic E-state index is -0.666. The van der Waals surface area contributed by atoms with Crippen LogP contribution in [0.15, 0.2) is 58.5 Å². The second kappa shape index (κ2) is 13.2. The number of hydrogen-bond acceptors (Lipinski definition) is 8. The van der Waals surface area contributed by atoms with Crippen LogP contribution in [0.5, 0.6) is 5.75 Å². The Morgan fingerprint density at radius 2 is 1.82 bits per heavy atom. The number of methoxy groups -OCH3 is 2. The fourth-order valence-electron chi connectivity index (χ4n) is 4.10. The maximum absolute atomic E-state index is 13.0. The van der Waals surface area contributed by atoms with E-state index >= 15 is 0 Å². The van der Waals surface area contributed by atoms with Crippen LogP contribution in [0.1, 0.15) is 30.4 Å². The molecule has 0 bridgehead atoms. The Balaban J connectivity index is 1.39. The minimum Gasteiger partial charge on any atom is -0.497 e. The standard InChI is InChI=1S/C27H31N5O5S/c1-36-15-5-14-28-24(34)17-38-27-30-21-7-4-3-6-20(21)25-31-26(35)22(32(25)27)12-13-23(33)29-16-18-8-10-19(37-2)11-9-18/h3-4,6-11,22H,5,12-17H2,1-2H3,(H,28,34)(H,29,33). The average molecular weight is 538 g/mol. The van der Waals surface area contributed by atoms with Crippen LogP contribution in [0, 0.1) is 0 Å². The van der Waals surface area contributed by atoms with E-state index in [0.29, 0.717) is 36.4 Å². The number of thioether (sulfide) groups is 1. The lowest BCUT2D eigenvalue weighted by molar-refractivity contribution is -0.122. The average Bonchev–Trinajstić information content (AvgIpc) is 3.28. The summed E-state index contributed by atoms with van der Waals surface area (Å²) in [6.45, 7) is 1.47. The number of carbonyl (C=O) groups is 3. The summed E-state index contributed by atoms with van der Waals surface area (Å²) in [5.74, 6) is 0.773. The molecule has 0 fully saturated rings. The summed E-state index contributed by atoms with van der Waals surface area (Å²) < 4.78 is 10.2. The summed E-state index contributed by atoms with van der Waals surface area (Å²) in [7, 11) is 3.22. The number of amides is 3. The third kappa shape index (κ3) is 6.78. The van der Waals surface area contributed by atoms with E-state index in [1.54, 1.807) is 19.1 Å². The van der Waals surface area contributed by atoms with Crippen molar-refractivity contribution in [3.8, 4) is 5.75 Å². The van der Waals surface area contributed by atoms with Crippen molar-refractivity contribution in [2.24, 2.45) is 9.98 Å². The predicted molar refractivity (Wildman–Crippen MR) is 147 cm³/mol. The van der Waals surface area contributed by atoms with Gasteiger partial charge >= 0.3 is 0 Å². The third-order valence-corrected chi connectivity index (χ3v) is 7.03. The highest BCUT2D eigenvalue weighted by Gasteiger charge is 2.41. The van der Waals surface area contributed by atoms with Crippen LogP contribution in [0.4, 0.5) is 5.69 Å². The second-order valence-corrected chi connectivity index (χ2v) is 9.66. The normalized spacial score (nSPS) is 15.8. The summed E-state index contributed by atoms with van der Waals surface area (Å²) in [5, 5.41) is 6.28. The zero-order chi connectivity index (χ0) is 26.9. The van der Waals surface area contributed by atoms with Crippen LogP contribution >= 0.6 is 11.8 Å². The lowest BCUT2D eigenvalue weighted by Gasteiger charge is -2.31. The van der Waals surface area contributed by atoms with E-state index in [1.165, 1.54) is 11.8 Å². The number of aliphatic imine (C=N–C) groups is 2. The van der Waals surface area contributed by atoms with Gasteiger partial charge in [0.1, 0.15) is 17.6 Å². The van der Waals surface area contributed by atoms with Crippen LogP contribution in [-0.2, 0) is 25.7 Å². The molecule has 0 aliphatic carbocycles. The lowest BCUT2D eigenvalue weighted by atomic mass is 10.1. The molecule has 2 heterocycles. The molecule has 0 saturated carbocycles. The first-order valence-electron chi connectivity index (χ1n) is 12.4. The van der Waals surface area contributed by atoms with Crippen molar-refractivity contribution >= 4 is 46.2 Å². The number of benzene rings is 2. The fraction of sp³-hybridized carbons (Fsp3) is 0.370. The van der Waals surface area contributed by atoms with E-state index in [0.717, 1.165) is 23.3 Å². The molecule has 10 nitrogen and oxygen atoms in total. The van der Waals surface area contributed by atoms with E-state index in [4.69, 9.17) is 14.5 Å². The van der Waals surface area contributed by atoms with Crippen LogP contribution in [0.3, 0.4) is 0 Å². The van der Waals surface area contributed by atoms with Gasteiger partial charge in [-0.25, -0.2) is 4.99 Å². The number of hydrogen-bond donors (Lipinski definition) is 2. The van der Waals surface area contributed by atoms with Gasteiger partial charge in [-0.05, 0) is 42.7 Å². The maximum atomic E-state index is 13.0. The van der Waals surface area contributed by atoms with Gasteiger partial charge in [-0.2, -0.15) is 4.99 Å². The second-order valence-electron chi connectivity index (χ2n) is 8.72. The molecule has 38 heavy (non-hydrogen) atoms. The molecule has 0 spiro atoms. The van der Waals surface area contributed by atoms with Gasteiger partial charge in [-0.1, -0.05) is 36.0 Å². The Labute approximate surface area is 225 Å². The molecule has 1 atom stereocenters. The molecule has 0 saturated heterocycles. The molecule has 2 aliphatic heterocycles. The topological polar surface area (TPSA) is 122 Å². The van der Waals surface area contributed by atoms with Gasteiger partial charge in [-0.15, -0.1) is 0 Å². The molecule has 1 unspecified atom stereocenters. The van der Waals surface area contributed by atoms with E-state index in [1.807, 2.05) is 48.5 Å². The molecule has 3 amide bonds. The quantitative estimate of drug-likeness (QED) is 0.399. The molecular formula is C27H31N5O5S. The highest BCUT2D eigenvalue weighted by atomic mass is 32.2. The van der Waals surface area contributed by atoms with Crippen molar-refractivity contribution < 1.29 is 23.9 Å². The first kappa shape index (κ1) is 27.3. The first-order chi connectivity index (χ1) is 18.5. The Kier molecular flexibility index (Phi) is 9.50. The number of amidine groups is 2. The summed E-state index contributed by atoms with van der Waals surface area (Å²) in [4.78, 5) is 48.8. The smallest absolute Gasteiger partial charge is 0.270 e. The molecule has 2 aromatic rings. The number of nitrogens with one attached hydrogen (secondary N) is 2. The van der Waals surface area contributed by atoms with Crippen molar-refractivity contribution in [3.63, 3.8) is 0 Å². The Morgan fingerprint density at radius 3 is 2.58 bits per heavy atom. The van der Waals surface area contributed by atoms with Crippen LogP contribution in [0.2, 0.25) is 0 Å². The Morgan fingerprint density at radius 1 is 1.03 bits per heavy atom. The zero-order valence-corrected chi connectivity index (χ0v) is 22.3. The number of para-hydroxylation sites is 1. The monoisotopic (exact) mass is 537 g/mol. The van der Waals surface area contributed by atoms with Gasteiger partial charge in [0, 0.05) is 38.8 Å². The van der Waals surface area contributed by atoms with Gasteiger partial charge in [0.25, 0.3) is 5.91 Å². The molecule has 0 aromatic heterocycles. The number of ether oxygens (including phenoxy) is 2. The van der Waals surface area contributed by atoms with E-state index in [2.05, 4.69) is 15.6 Å². The van der Waals surface area contributed by atoms with Crippen molar-refractivity contribution in [1.82, 2.24) is 15.5 Å². The summed E-state index contributed by atoms with van der Waals surface area (Å²) >= 11 is 1.25. The maximum Gasteiger partial charge on any atom is 0.270 e. The largest absolute Gasteiger partial charge is 0.497 e.